The molecule has 0 bridgehead atoms. The number of aromatic nitrogens is 4. The van der Waals surface area contributed by atoms with E-state index in [9.17, 15) is 18.9 Å². The van der Waals surface area contributed by atoms with Crippen LogP contribution in [0.2, 0.25) is 10.4 Å². The van der Waals surface area contributed by atoms with Gasteiger partial charge >= 0.3 is 11.9 Å². The Bertz CT molecular complexity index is 968. The number of fused-ring (bicyclic) bond motifs is 1. The largest absolute Gasteiger partial charge is 0.479 e. The molecule has 12 heteroatoms. The normalized spacial score (nSPS) is 27.2. The van der Waals surface area contributed by atoms with E-state index in [-0.39, 0.29) is 40.4 Å². The van der Waals surface area contributed by atoms with Crippen molar-refractivity contribution in [3.63, 3.8) is 0 Å². The molecule has 0 aliphatic carbocycles. The van der Waals surface area contributed by atoms with Crippen molar-refractivity contribution in [2.75, 3.05) is 12.4 Å². The fraction of sp³-hybridized carbons (Fsp3) is 0.562. The Morgan fingerprint density at radius 2 is 2.11 bits per heavy atom. The van der Waals surface area contributed by atoms with Gasteiger partial charge in [0.1, 0.15) is 5.52 Å². The second kappa shape index (κ2) is 7.92. The van der Waals surface area contributed by atoms with Crippen molar-refractivity contribution in [3.05, 3.63) is 16.8 Å². The predicted octanol–water partition coefficient (Wildman–Crippen LogP) is 2.02. The standard InChI is InChI=1S/C16H18Cl2N4O5S/c1-3-9-16(14(24)25,8(6-28(9)26)5-10(23)27-4-2)22-7-19-11-12(17)20-15(18)21-13(11)22/h7-9H,3-6H2,1-2H3,(H,24,25). The van der Waals surface area contributed by atoms with Gasteiger partial charge in [-0.2, -0.15) is 4.98 Å². The molecular formula is C16H18Cl2N4O5S. The monoisotopic (exact) mass is 448 g/mol. The first-order valence-electron chi connectivity index (χ1n) is 8.60. The highest BCUT2D eigenvalue weighted by Gasteiger charge is 2.61. The zero-order valence-corrected chi connectivity index (χ0v) is 17.4. The molecule has 3 rings (SSSR count). The number of carbonyl (C=O) groups is 2. The molecule has 0 radical (unpaired) electrons. The van der Waals surface area contributed by atoms with Crippen LogP contribution in [0.5, 0.6) is 0 Å². The number of esters is 1. The van der Waals surface area contributed by atoms with Crippen molar-refractivity contribution in [1.29, 1.82) is 0 Å². The summed E-state index contributed by atoms with van der Waals surface area (Å²) in [7, 11) is -1.49. The van der Waals surface area contributed by atoms with E-state index in [4.69, 9.17) is 27.9 Å². The van der Waals surface area contributed by atoms with Crippen LogP contribution in [0.1, 0.15) is 26.7 Å². The highest BCUT2D eigenvalue weighted by Crippen LogP contribution is 2.45. The lowest BCUT2D eigenvalue weighted by Crippen LogP contribution is -2.53. The number of halogens is 2. The molecule has 28 heavy (non-hydrogen) atoms. The zero-order valence-electron chi connectivity index (χ0n) is 15.1. The van der Waals surface area contributed by atoms with Crippen LogP contribution in [-0.4, -0.2) is 58.4 Å². The molecule has 0 saturated carbocycles. The van der Waals surface area contributed by atoms with Crippen LogP contribution in [0.3, 0.4) is 0 Å². The molecule has 2 aromatic rings. The molecule has 9 nitrogen and oxygen atoms in total. The fourth-order valence-electron chi connectivity index (χ4n) is 3.92. The highest BCUT2D eigenvalue weighted by atomic mass is 35.5. The van der Waals surface area contributed by atoms with Crippen LogP contribution in [0.25, 0.3) is 11.2 Å². The van der Waals surface area contributed by atoms with Gasteiger partial charge in [0, 0.05) is 22.5 Å². The highest BCUT2D eigenvalue weighted by molar-refractivity contribution is 7.86. The number of imidazole rings is 1. The summed E-state index contributed by atoms with van der Waals surface area (Å²) in [4.78, 5) is 36.9. The number of carboxylic acids is 1. The zero-order chi connectivity index (χ0) is 20.6. The van der Waals surface area contributed by atoms with Crippen molar-refractivity contribution >= 4 is 57.1 Å². The van der Waals surface area contributed by atoms with E-state index in [1.54, 1.807) is 13.8 Å². The van der Waals surface area contributed by atoms with Gasteiger partial charge in [-0.3, -0.25) is 13.6 Å². The van der Waals surface area contributed by atoms with Crippen LogP contribution in [0, 0.1) is 5.92 Å². The van der Waals surface area contributed by atoms with Crippen LogP contribution in [0.4, 0.5) is 0 Å². The van der Waals surface area contributed by atoms with Crippen molar-refractivity contribution in [2.24, 2.45) is 5.92 Å². The predicted molar refractivity (Wildman–Crippen MR) is 103 cm³/mol. The first kappa shape index (κ1) is 20.9. The van der Waals surface area contributed by atoms with E-state index >= 15 is 0 Å². The first-order valence-corrected chi connectivity index (χ1v) is 10.7. The van der Waals surface area contributed by atoms with Crippen molar-refractivity contribution in [3.8, 4) is 0 Å². The third kappa shape index (κ3) is 3.17. The number of aliphatic carboxylic acids is 1. The lowest BCUT2D eigenvalue weighted by molar-refractivity contribution is -0.152. The smallest absolute Gasteiger partial charge is 0.331 e. The average Bonchev–Trinajstić information content (AvgIpc) is 3.14. The Balaban J connectivity index is 2.26. The number of hydrogen-bond acceptors (Lipinski definition) is 7. The molecule has 1 aliphatic rings. The van der Waals surface area contributed by atoms with E-state index in [0.29, 0.717) is 6.42 Å². The average molecular weight is 449 g/mol. The lowest BCUT2D eigenvalue weighted by Gasteiger charge is -2.35. The van der Waals surface area contributed by atoms with Gasteiger partial charge in [-0.15, -0.1) is 0 Å². The third-order valence-corrected chi connectivity index (χ3v) is 7.44. The summed E-state index contributed by atoms with van der Waals surface area (Å²) in [6.07, 6.45) is 1.39. The third-order valence-electron chi connectivity index (χ3n) is 4.95. The molecule has 0 spiro atoms. The molecule has 152 valence electrons. The summed E-state index contributed by atoms with van der Waals surface area (Å²) in [5.41, 5.74) is -1.44. The number of nitrogens with zero attached hydrogens (tertiary/aromatic N) is 4. The molecule has 3 heterocycles. The molecular weight excluding hydrogens is 431 g/mol. The topological polar surface area (TPSA) is 124 Å². The summed E-state index contributed by atoms with van der Waals surface area (Å²) in [5.74, 6) is -2.54. The maximum absolute atomic E-state index is 12.8. The minimum atomic E-state index is -1.72. The SMILES string of the molecule is CCOC(=O)CC1CS(=O)C(CC)C1(C(=O)O)n1cnc2c(Cl)nc(Cl)nc21. The Morgan fingerprint density at radius 3 is 2.71 bits per heavy atom. The van der Waals surface area contributed by atoms with Gasteiger partial charge in [0.05, 0.1) is 24.6 Å². The molecule has 4 atom stereocenters. The molecule has 0 amide bonds. The maximum atomic E-state index is 12.8. The summed E-state index contributed by atoms with van der Waals surface area (Å²) in [5, 5.41) is 9.36. The van der Waals surface area contributed by atoms with Gasteiger partial charge < -0.3 is 9.84 Å². The number of carboxylic acid groups (broad SMARTS) is 1. The van der Waals surface area contributed by atoms with E-state index < -0.39 is 39.4 Å². The molecule has 1 fully saturated rings. The lowest BCUT2D eigenvalue weighted by atomic mass is 9.79. The van der Waals surface area contributed by atoms with Crippen molar-refractivity contribution < 1.29 is 23.6 Å². The number of hydrogen-bond donors (Lipinski definition) is 1. The van der Waals surface area contributed by atoms with Crippen LogP contribution in [-0.2, 0) is 30.7 Å². The van der Waals surface area contributed by atoms with E-state index in [2.05, 4.69) is 15.0 Å². The van der Waals surface area contributed by atoms with Gasteiger partial charge in [0.15, 0.2) is 16.3 Å². The summed E-state index contributed by atoms with van der Waals surface area (Å²) in [6, 6.07) is 0. The maximum Gasteiger partial charge on any atom is 0.331 e. The summed E-state index contributed by atoms with van der Waals surface area (Å²) >= 11 is 12.0. The Kier molecular flexibility index (Phi) is 5.92. The minimum absolute atomic E-state index is 0.0246. The summed E-state index contributed by atoms with van der Waals surface area (Å²) < 4.78 is 19.1. The number of ether oxygens (including phenoxy) is 1. The van der Waals surface area contributed by atoms with Gasteiger partial charge in [-0.1, -0.05) is 18.5 Å². The number of carbonyl (C=O) groups excluding carboxylic acids is 1. The Morgan fingerprint density at radius 1 is 1.39 bits per heavy atom. The van der Waals surface area contributed by atoms with Gasteiger partial charge in [0.2, 0.25) is 5.28 Å². The molecule has 2 aromatic heterocycles. The van der Waals surface area contributed by atoms with E-state index in [1.807, 2.05) is 0 Å². The minimum Gasteiger partial charge on any atom is -0.479 e. The Labute approximate surface area is 172 Å². The molecule has 1 N–H and O–H groups in total. The molecule has 4 unspecified atom stereocenters. The Hall–Kier alpha value is -1.78. The van der Waals surface area contributed by atoms with Crippen LogP contribution < -0.4 is 0 Å². The van der Waals surface area contributed by atoms with Gasteiger partial charge in [-0.25, -0.2) is 14.8 Å². The van der Waals surface area contributed by atoms with Crippen LogP contribution in [0.15, 0.2) is 6.33 Å². The second-order valence-electron chi connectivity index (χ2n) is 6.35. The van der Waals surface area contributed by atoms with Crippen molar-refractivity contribution in [1.82, 2.24) is 19.5 Å². The van der Waals surface area contributed by atoms with Crippen molar-refractivity contribution in [2.45, 2.75) is 37.5 Å². The fourth-order valence-corrected chi connectivity index (χ4v) is 6.52. The second-order valence-corrected chi connectivity index (χ2v) is 8.71. The van der Waals surface area contributed by atoms with E-state index in [0.717, 1.165) is 0 Å². The van der Waals surface area contributed by atoms with Crippen LogP contribution >= 0.6 is 23.2 Å². The quantitative estimate of drug-likeness (QED) is 0.404. The molecule has 1 aliphatic heterocycles. The van der Waals surface area contributed by atoms with E-state index in [1.165, 1.54) is 10.9 Å². The molecule has 0 aromatic carbocycles. The first-order chi connectivity index (χ1) is 13.3. The van der Waals surface area contributed by atoms with Gasteiger partial charge in [0.25, 0.3) is 0 Å². The van der Waals surface area contributed by atoms with Gasteiger partial charge in [-0.05, 0) is 24.9 Å². The summed E-state index contributed by atoms with van der Waals surface area (Å²) in [6.45, 7) is 3.58. The number of rotatable bonds is 6. The molecule has 1 saturated heterocycles.